The zero-order valence-corrected chi connectivity index (χ0v) is 17.4. The van der Waals surface area contributed by atoms with Crippen molar-refractivity contribution in [1.82, 2.24) is 15.0 Å². The summed E-state index contributed by atoms with van der Waals surface area (Å²) in [6, 6.07) is 6.00. The van der Waals surface area contributed by atoms with Gasteiger partial charge in [-0.3, -0.25) is 4.98 Å². The number of pyridine rings is 1. The molecule has 3 aromatic rings. The van der Waals surface area contributed by atoms with Crippen molar-refractivity contribution in [1.29, 1.82) is 0 Å². The molecular formula is C21H25ClN4O2. The second-order valence-corrected chi connectivity index (χ2v) is 7.17. The first-order chi connectivity index (χ1) is 13.0. The van der Waals surface area contributed by atoms with Gasteiger partial charge in [0.15, 0.2) is 0 Å². The van der Waals surface area contributed by atoms with Gasteiger partial charge in [-0.25, -0.2) is 9.97 Å². The summed E-state index contributed by atoms with van der Waals surface area (Å²) < 4.78 is 11.4. The molecule has 1 saturated heterocycles. The molecule has 0 N–H and O–H groups in total. The van der Waals surface area contributed by atoms with Gasteiger partial charge in [0, 0.05) is 42.3 Å². The molecule has 2 unspecified atom stereocenters. The number of hydrogen-bond acceptors (Lipinski definition) is 6. The lowest BCUT2D eigenvalue weighted by molar-refractivity contribution is -0.00571. The maximum absolute atomic E-state index is 5.85. The molecule has 28 heavy (non-hydrogen) atoms. The van der Waals surface area contributed by atoms with Crippen molar-refractivity contribution in [3.63, 3.8) is 0 Å². The Hall–Kier alpha value is -2.44. The standard InChI is InChI=1S/C21H24N4O2.ClH/c1-13-9-17(5-7-22-13)19-10-23-21(25-11-14(2)27-15(3)12-25)24-20(19)18-6-8-26-16(18)4;/h5-10,14-15H,11-12H2,1-4H3;1H. The second-order valence-electron chi connectivity index (χ2n) is 7.17. The number of ether oxygens (including phenoxy) is 1. The Morgan fingerprint density at radius 1 is 1.04 bits per heavy atom. The van der Waals surface area contributed by atoms with Crippen LogP contribution in [0.25, 0.3) is 22.4 Å². The molecule has 4 rings (SSSR count). The van der Waals surface area contributed by atoms with Gasteiger partial charge in [-0.2, -0.15) is 0 Å². The van der Waals surface area contributed by atoms with Crippen molar-refractivity contribution < 1.29 is 9.15 Å². The summed E-state index contributed by atoms with van der Waals surface area (Å²) in [6.07, 6.45) is 5.73. The van der Waals surface area contributed by atoms with Crippen molar-refractivity contribution in [2.45, 2.75) is 39.9 Å². The fourth-order valence-electron chi connectivity index (χ4n) is 3.63. The number of furan rings is 1. The van der Waals surface area contributed by atoms with Gasteiger partial charge in [-0.1, -0.05) is 0 Å². The fraction of sp³-hybridized carbons (Fsp3) is 0.381. The molecule has 2 atom stereocenters. The largest absolute Gasteiger partial charge is 0.469 e. The quantitative estimate of drug-likeness (QED) is 0.647. The molecule has 0 saturated carbocycles. The zero-order chi connectivity index (χ0) is 19.0. The summed E-state index contributed by atoms with van der Waals surface area (Å²) in [4.78, 5) is 16.1. The normalized spacial score (nSPS) is 19.4. The number of hydrogen-bond donors (Lipinski definition) is 0. The van der Waals surface area contributed by atoms with Crippen LogP contribution in [-0.4, -0.2) is 40.2 Å². The lowest BCUT2D eigenvalue weighted by atomic mass is 10.0. The molecular weight excluding hydrogens is 376 g/mol. The maximum Gasteiger partial charge on any atom is 0.226 e. The van der Waals surface area contributed by atoms with E-state index < -0.39 is 0 Å². The third-order valence-corrected chi connectivity index (χ3v) is 4.80. The maximum atomic E-state index is 5.85. The summed E-state index contributed by atoms with van der Waals surface area (Å²) in [5.41, 5.74) is 4.85. The Kier molecular flexibility index (Phi) is 6.01. The minimum absolute atomic E-state index is 0. The highest BCUT2D eigenvalue weighted by atomic mass is 35.5. The number of morpholine rings is 1. The molecule has 3 aromatic heterocycles. The number of nitrogens with zero attached hydrogens (tertiary/aromatic N) is 4. The van der Waals surface area contributed by atoms with Crippen LogP contribution in [0.5, 0.6) is 0 Å². The molecule has 0 aliphatic carbocycles. The van der Waals surface area contributed by atoms with Crippen LogP contribution in [0.2, 0.25) is 0 Å². The van der Waals surface area contributed by atoms with E-state index in [1.54, 1.807) is 6.26 Å². The van der Waals surface area contributed by atoms with Crippen molar-refractivity contribution in [2.24, 2.45) is 0 Å². The van der Waals surface area contributed by atoms with Gasteiger partial charge in [-0.05, 0) is 51.5 Å². The van der Waals surface area contributed by atoms with E-state index in [9.17, 15) is 0 Å². The van der Waals surface area contributed by atoms with Gasteiger partial charge in [0.05, 0.1) is 24.2 Å². The van der Waals surface area contributed by atoms with Gasteiger partial charge in [0.2, 0.25) is 5.95 Å². The average molecular weight is 401 g/mol. The highest BCUT2D eigenvalue weighted by Gasteiger charge is 2.25. The van der Waals surface area contributed by atoms with E-state index in [4.69, 9.17) is 14.1 Å². The highest BCUT2D eigenvalue weighted by Crippen LogP contribution is 2.34. The summed E-state index contributed by atoms with van der Waals surface area (Å²) in [5.74, 6) is 1.57. The van der Waals surface area contributed by atoms with Crippen molar-refractivity contribution in [3.05, 3.63) is 48.3 Å². The van der Waals surface area contributed by atoms with Gasteiger partial charge < -0.3 is 14.1 Å². The Morgan fingerprint density at radius 3 is 2.43 bits per heavy atom. The Morgan fingerprint density at radius 2 is 1.79 bits per heavy atom. The van der Waals surface area contributed by atoms with E-state index in [1.165, 1.54) is 0 Å². The average Bonchev–Trinajstić information content (AvgIpc) is 3.06. The van der Waals surface area contributed by atoms with Crippen LogP contribution in [0, 0.1) is 13.8 Å². The highest BCUT2D eigenvalue weighted by molar-refractivity contribution is 5.85. The third-order valence-electron chi connectivity index (χ3n) is 4.80. The molecule has 1 aliphatic heterocycles. The van der Waals surface area contributed by atoms with E-state index in [-0.39, 0.29) is 24.6 Å². The summed E-state index contributed by atoms with van der Waals surface area (Å²) >= 11 is 0. The minimum atomic E-state index is 0. The van der Waals surface area contributed by atoms with Crippen LogP contribution in [0.15, 0.2) is 41.3 Å². The smallest absolute Gasteiger partial charge is 0.226 e. The van der Waals surface area contributed by atoms with Crippen LogP contribution < -0.4 is 4.90 Å². The first-order valence-electron chi connectivity index (χ1n) is 9.26. The third kappa shape index (κ3) is 4.03. The van der Waals surface area contributed by atoms with Crippen LogP contribution in [0.1, 0.15) is 25.3 Å². The molecule has 6 nitrogen and oxygen atoms in total. The Labute approximate surface area is 171 Å². The Balaban J connectivity index is 0.00000225. The van der Waals surface area contributed by atoms with Crippen LogP contribution in [0.4, 0.5) is 5.95 Å². The molecule has 0 amide bonds. The lowest BCUT2D eigenvalue weighted by Gasteiger charge is -2.35. The SMILES string of the molecule is Cc1cc(-c2cnc(N3CC(C)OC(C)C3)nc2-c2ccoc2C)ccn1.Cl. The summed E-state index contributed by atoms with van der Waals surface area (Å²) in [5, 5.41) is 0. The second kappa shape index (κ2) is 8.29. The topological polar surface area (TPSA) is 64.3 Å². The number of anilines is 1. The molecule has 7 heteroatoms. The zero-order valence-electron chi connectivity index (χ0n) is 16.5. The van der Waals surface area contributed by atoms with Crippen LogP contribution in [0.3, 0.4) is 0 Å². The fourth-order valence-corrected chi connectivity index (χ4v) is 3.63. The van der Waals surface area contributed by atoms with Crippen molar-refractivity contribution in [3.8, 4) is 22.4 Å². The predicted octanol–water partition coefficient (Wildman–Crippen LogP) is 4.45. The molecule has 148 valence electrons. The lowest BCUT2D eigenvalue weighted by Crippen LogP contribution is -2.46. The van der Waals surface area contributed by atoms with Gasteiger partial charge in [0.25, 0.3) is 0 Å². The summed E-state index contributed by atoms with van der Waals surface area (Å²) in [7, 11) is 0. The van der Waals surface area contributed by atoms with Gasteiger partial charge in [-0.15, -0.1) is 12.4 Å². The molecule has 0 bridgehead atoms. The van der Waals surface area contributed by atoms with E-state index in [2.05, 4.69) is 34.8 Å². The van der Waals surface area contributed by atoms with Gasteiger partial charge >= 0.3 is 0 Å². The molecule has 0 spiro atoms. The van der Waals surface area contributed by atoms with Crippen molar-refractivity contribution >= 4 is 18.4 Å². The molecule has 1 fully saturated rings. The van der Waals surface area contributed by atoms with E-state index in [1.807, 2.05) is 38.4 Å². The molecule has 1 aliphatic rings. The van der Waals surface area contributed by atoms with E-state index >= 15 is 0 Å². The van der Waals surface area contributed by atoms with Crippen LogP contribution in [-0.2, 0) is 4.74 Å². The van der Waals surface area contributed by atoms with E-state index in [0.717, 1.165) is 52.9 Å². The Bertz CT molecular complexity index is 949. The summed E-state index contributed by atoms with van der Waals surface area (Å²) in [6.45, 7) is 9.66. The van der Waals surface area contributed by atoms with Crippen molar-refractivity contribution in [2.75, 3.05) is 18.0 Å². The molecule has 4 heterocycles. The van der Waals surface area contributed by atoms with E-state index in [0.29, 0.717) is 0 Å². The molecule has 0 aromatic carbocycles. The number of halogens is 1. The number of aryl methyl sites for hydroxylation is 2. The monoisotopic (exact) mass is 400 g/mol. The van der Waals surface area contributed by atoms with Crippen LogP contribution >= 0.6 is 12.4 Å². The molecule has 0 radical (unpaired) electrons. The number of aromatic nitrogens is 3. The number of rotatable bonds is 3. The first-order valence-corrected chi connectivity index (χ1v) is 9.26. The van der Waals surface area contributed by atoms with Gasteiger partial charge in [0.1, 0.15) is 5.76 Å². The minimum Gasteiger partial charge on any atom is -0.469 e. The predicted molar refractivity (Wildman–Crippen MR) is 112 cm³/mol. The first kappa shape index (κ1) is 20.3.